The number of nitrogens with one attached hydrogen (secondary N) is 2. The molecule has 3 rings (SSSR count). The molecule has 1 saturated heterocycles. The first-order chi connectivity index (χ1) is 8.80. The van der Waals surface area contributed by atoms with Crippen molar-refractivity contribution in [2.24, 2.45) is 0 Å². The molecule has 1 aliphatic heterocycles. The number of thioether (sulfide) groups is 1. The van der Waals surface area contributed by atoms with Crippen LogP contribution in [0.4, 0.5) is 5.82 Å². The average Bonchev–Trinajstić information content (AvgIpc) is 2.37. The third-order valence-corrected chi connectivity index (χ3v) is 4.79. The lowest BCUT2D eigenvalue weighted by atomic mass is 9.70. The van der Waals surface area contributed by atoms with Crippen LogP contribution in [-0.2, 0) is 0 Å². The van der Waals surface area contributed by atoms with Crippen molar-refractivity contribution < 1.29 is 0 Å². The molecule has 0 aromatic carbocycles. The molecule has 1 atom stereocenters. The number of anilines is 1. The predicted octanol–water partition coefficient (Wildman–Crippen LogP) is 2.29. The topological polar surface area (TPSA) is 49.8 Å². The summed E-state index contributed by atoms with van der Waals surface area (Å²) < 4.78 is 0. The Balaban J connectivity index is 1.64. The molecule has 5 heteroatoms. The largest absolute Gasteiger partial charge is 0.367 e. The van der Waals surface area contributed by atoms with Gasteiger partial charge < -0.3 is 10.6 Å². The van der Waals surface area contributed by atoms with E-state index < -0.39 is 0 Å². The molecule has 0 bridgehead atoms. The molecule has 2 aliphatic rings. The van der Waals surface area contributed by atoms with Gasteiger partial charge in [0.1, 0.15) is 17.2 Å². The van der Waals surface area contributed by atoms with Crippen molar-refractivity contribution in [1.82, 2.24) is 15.3 Å². The summed E-state index contributed by atoms with van der Waals surface area (Å²) >= 11 is 1.66. The summed E-state index contributed by atoms with van der Waals surface area (Å²) in [5.74, 6) is 0.968. The molecule has 2 fully saturated rings. The van der Waals surface area contributed by atoms with E-state index in [0.29, 0.717) is 11.6 Å². The van der Waals surface area contributed by atoms with Gasteiger partial charge in [0.2, 0.25) is 0 Å². The van der Waals surface area contributed by atoms with Gasteiger partial charge in [-0.25, -0.2) is 9.97 Å². The van der Waals surface area contributed by atoms with Gasteiger partial charge in [-0.05, 0) is 44.9 Å². The summed E-state index contributed by atoms with van der Waals surface area (Å²) in [4.78, 5) is 8.52. The lowest BCUT2D eigenvalue weighted by molar-refractivity contribution is 0.135. The van der Waals surface area contributed by atoms with Gasteiger partial charge in [0.15, 0.2) is 0 Å². The monoisotopic (exact) mass is 264 g/mol. The zero-order valence-corrected chi connectivity index (χ0v) is 11.6. The van der Waals surface area contributed by atoms with E-state index >= 15 is 0 Å². The lowest BCUT2D eigenvalue weighted by Gasteiger charge is -2.48. The zero-order chi connectivity index (χ0) is 12.4. The summed E-state index contributed by atoms with van der Waals surface area (Å²) in [5.41, 5.74) is 0.436. The summed E-state index contributed by atoms with van der Waals surface area (Å²) in [6, 6.07) is 2.59. The Labute approximate surface area is 112 Å². The minimum absolute atomic E-state index is 0.436. The Hall–Kier alpha value is -0.810. The van der Waals surface area contributed by atoms with Gasteiger partial charge >= 0.3 is 0 Å². The van der Waals surface area contributed by atoms with Crippen LogP contribution in [0.1, 0.15) is 32.1 Å². The fourth-order valence-corrected chi connectivity index (χ4v) is 3.39. The summed E-state index contributed by atoms with van der Waals surface area (Å²) in [6.07, 6.45) is 10.2. The van der Waals surface area contributed by atoms with Crippen molar-refractivity contribution in [2.45, 2.75) is 48.7 Å². The second-order valence-corrected chi connectivity index (χ2v) is 6.17. The quantitative estimate of drug-likeness (QED) is 0.648. The Kier molecular flexibility index (Phi) is 3.43. The van der Waals surface area contributed by atoms with Crippen molar-refractivity contribution in [3.05, 3.63) is 12.4 Å². The Morgan fingerprint density at radius 1 is 1.44 bits per heavy atom. The van der Waals surface area contributed by atoms with Crippen molar-refractivity contribution >= 4 is 17.6 Å². The molecule has 2 heterocycles. The predicted molar refractivity (Wildman–Crippen MR) is 75.0 cm³/mol. The molecule has 1 unspecified atom stereocenters. The third-order valence-electron chi connectivity index (χ3n) is 4.14. The van der Waals surface area contributed by atoms with Gasteiger partial charge in [-0.1, -0.05) is 0 Å². The number of hydrogen-bond donors (Lipinski definition) is 2. The van der Waals surface area contributed by atoms with Gasteiger partial charge in [0.25, 0.3) is 0 Å². The number of hydrogen-bond acceptors (Lipinski definition) is 5. The van der Waals surface area contributed by atoms with E-state index in [-0.39, 0.29) is 0 Å². The van der Waals surface area contributed by atoms with E-state index in [0.717, 1.165) is 17.4 Å². The smallest absolute Gasteiger partial charge is 0.130 e. The molecule has 0 radical (unpaired) electrons. The van der Waals surface area contributed by atoms with Gasteiger partial charge in [-0.2, -0.15) is 0 Å². The minimum atomic E-state index is 0.436. The van der Waals surface area contributed by atoms with E-state index in [9.17, 15) is 0 Å². The van der Waals surface area contributed by atoms with Gasteiger partial charge in [0.05, 0.1) is 0 Å². The summed E-state index contributed by atoms with van der Waals surface area (Å²) in [7, 11) is 0. The SMILES string of the molecule is CSc1cc(NC2CCNC3(CCC3)C2)ncn1. The Morgan fingerprint density at radius 2 is 2.33 bits per heavy atom. The minimum Gasteiger partial charge on any atom is -0.367 e. The van der Waals surface area contributed by atoms with E-state index in [1.165, 1.54) is 32.1 Å². The maximum atomic E-state index is 4.32. The number of piperidine rings is 1. The molecule has 1 spiro atoms. The van der Waals surface area contributed by atoms with Crippen LogP contribution in [0.15, 0.2) is 17.4 Å². The molecule has 98 valence electrons. The molecule has 1 aliphatic carbocycles. The molecule has 2 N–H and O–H groups in total. The average molecular weight is 264 g/mol. The fourth-order valence-electron chi connectivity index (χ4n) is 3.00. The number of aromatic nitrogens is 2. The van der Waals surface area contributed by atoms with E-state index in [2.05, 4.69) is 20.6 Å². The molecule has 1 aromatic rings. The van der Waals surface area contributed by atoms with Crippen molar-refractivity contribution in [1.29, 1.82) is 0 Å². The lowest BCUT2D eigenvalue weighted by Crippen LogP contribution is -2.58. The normalized spacial score (nSPS) is 25.7. The maximum absolute atomic E-state index is 4.32. The van der Waals surface area contributed by atoms with Crippen LogP contribution in [-0.4, -0.2) is 34.3 Å². The summed E-state index contributed by atoms with van der Waals surface area (Å²) in [6.45, 7) is 1.12. The highest BCUT2D eigenvalue weighted by molar-refractivity contribution is 7.98. The highest BCUT2D eigenvalue weighted by Gasteiger charge is 2.40. The Bertz CT molecular complexity index is 419. The molecular formula is C13H20N4S. The van der Waals surface area contributed by atoms with Crippen LogP contribution in [0.25, 0.3) is 0 Å². The van der Waals surface area contributed by atoms with E-state index in [1.807, 2.05) is 12.3 Å². The van der Waals surface area contributed by atoms with Gasteiger partial charge in [0, 0.05) is 17.6 Å². The van der Waals surface area contributed by atoms with Crippen LogP contribution >= 0.6 is 11.8 Å². The maximum Gasteiger partial charge on any atom is 0.130 e. The van der Waals surface area contributed by atoms with Gasteiger partial charge in [-0.15, -0.1) is 11.8 Å². The molecule has 4 nitrogen and oxygen atoms in total. The van der Waals surface area contributed by atoms with Crippen LogP contribution in [0, 0.1) is 0 Å². The van der Waals surface area contributed by atoms with Crippen LogP contribution < -0.4 is 10.6 Å². The number of rotatable bonds is 3. The van der Waals surface area contributed by atoms with Crippen molar-refractivity contribution in [2.75, 3.05) is 18.1 Å². The first-order valence-electron chi connectivity index (χ1n) is 6.67. The highest BCUT2D eigenvalue weighted by Crippen LogP contribution is 2.38. The fraction of sp³-hybridized carbons (Fsp3) is 0.692. The first-order valence-corrected chi connectivity index (χ1v) is 7.90. The second kappa shape index (κ2) is 5.05. The van der Waals surface area contributed by atoms with E-state index in [4.69, 9.17) is 0 Å². The zero-order valence-electron chi connectivity index (χ0n) is 10.8. The highest BCUT2D eigenvalue weighted by atomic mass is 32.2. The molecule has 1 saturated carbocycles. The van der Waals surface area contributed by atoms with Crippen LogP contribution in [0.2, 0.25) is 0 Å². The van der Waals surface area contributed by atoms with Crippen LogP contribution in [0.5, 0.6) is 0 Å². The summed E-state index contributed by atoms with van der Waals surface area (Å²) in [5, 5.41) is 8.30. The number of nitrogens with zero attached hydrogens (tertiary/aromatic N) is 2. The molecule has 1 aromatic heterocycles. The first kappa shape index (κ1) is 12.2. The van der Waals surface area contributed by atoms with Crippen LogP contribution in [0.3, 0.4) is 0 Å². The van der Waals surface area contributed by atoms with Gasteiger partial charge in [-0.3, -0.25) is 0 Å². The van der Waals surface area contributed by atoms with Crippen molar-refractivity contribution in [3.8, 4) is 0 Å². The molecule has 0 amide bonds. The van der Waals surface area contributed by atoms with Crippen molar-refractivity contribution in [3.63, 3.8) is 0 Å². The standard InChI is InChI=1S/C13H20N4S/c1-18-12-7-11(14-9-15-12)17-10-3-6-16-13(8-10)4-2-5-13/h7,9-10,16H,2-6,8H2,1H3,(H,14,15,17). The molecular weight excluding hydrogens is 244 g/mol. The van der Waals surface area contributed by atoms with E-state index in [1.54, 1.807) is 18.1 Å². The second-order valence-electron chi connectivity index (χ2n) is 5.34. The Morgan fingerprint density at radius 3 is 3.06 bits per heavy atom. The third kappa shape index (κ3) is 2.47. The molecule has 18 heavy (non-hydrogen) atoms.